The average molecular weight is 357 g/mol. The summed E-state index contributed by atoms with van der Waals surface area (Å²) in [5.41, 5.74) is 1.57. The number of nitrogens with one attached hydrogen (secondary N) is 1. The van der Waals surface area contributed by atoms with Gasteiger partial charge in [-0.05, 0) is 42.0 Å². The van der Waals surface area contributed by atoms with Crippen LogP contribution in [0.25, 0.3) is 0 Å². The van der Waals surface area contributed by atoms with Gasteiger partial charge in [-0.3, -0.25) is 0 Å². The molecule has 1 atom stereocenters. The summed E-state index contributed by atoms with van der Waals surface area (Å²) in [5, 5.41) is 3.56. The molecule has 3 rings (SSSR count). The van der Waals surface area contributed by atoms with Crippen LogP contribution in [0.5, 0.6) is 5.75 Å². The maximum Gasteiger partial charge on any atom is 0.146 e. The second-order valence-corrected chi connectivity index (χ2v) is 6.05. The predicted octanol–water partition coefficient (Wildman–Crippen LogP) is 4.66. The first kappa shape index (κ1) is 13.7. The van der Waals surface area contributed by atoms with Gasteiger partial charge in [0.1, 0.15) is 17.7 Å². The van der Waals surface area contributed by atoms with Crippen molar-refractivity contribution in [3.63, 3.8) is 0 Å². The number of benzene rings is 2. The molecule has 1 unspecified atom stereocenters. The molecule has 0 amide bonds. The quantitative estimate of drug-likeness (QED) is 0.864. The predicted molar refractivity (Wildman–Crippen MR) is 82.2 cm³/mol. The van der Waals surface area contributed by atoms with Gasteiger partial charge in [0.15, 0.2) is 0 Å². The van der Waals surface area contributed by atoms with Crippen LogP contribution in [0.3, 0.4) is 0 Å². The summed E-state index contributed by atoms with van der Waals surface area (Å²) in [7, 11) is 0. The molecule has 0 saturated heterocycles. The topological polar surface area (TPSA) is 21.3 Å². The Morgan fingerprint density at radius 2 is 2.15 bits per heavy atom. The van der Waals surface area contributed by atoms with E-state index in [0.29, 0.717) is 17.3 Å². The van der Waals surface area contributed by atoms with Crippen molar-refractivity contribution in [3.8, 4) is 5.75 Å². The minimum Gasteiger partial charge on any atom is -0.488 e. The van der Waals surface area contributed by atoms with E-state index in [-0.39, 0.29) is 11.9 Å². The fraction of sp³-hybridized carbons (Fsp3) is 0.200. The minimum atomic E-state index is -0.312. The van der Waals surface area contributed by atoms with E-state index in [9.17, 15) is 4.39 Å². The molecule has 20 heavy (non-hydrogen) atoms. The summed E-state index contributed by atoms with van der Waals surface area (Å²) >= 11 is 9.30. The molecule has 2 aromatic carbocycles. The lowest BCUT2D eigenvalue weighted by molar-refractivity contribution is 0.246. The standard InChI is InChI=1S/C15H12BrClFNO/c16-10-1-4-15-9(5-10)6-12(20-15)8-19-14-7-11(17)2-3-13(14)18/h1-5,7,12,19H,6,8H2. The third-order valence-corrected chi connectivity index (χ3v) is 3.94. The first-order valence-electron chi connectivity index (χ1n) is 6.26. The van der Waals surface area contributed by atoms with E-state index in [1.807, 2.05) is 12.1 Å². The van der Waals surface area contributed by atoms with Crippen molar-refractivity contribution >= 4 is 33.2 Å². The summed E-state index contributed by atoms with van der Waals surface area (Å²) in [4.78, 5) is 0. The lowest BCUT2D eigenvalue weighted by Crippen LogP contribution is -2.24. The van der Waals surface area contributed by atoms with Crippen molar-refractivity contribution in [2.24, 2.45) is 0 Å². The third kappa shape index (κ3) is 2.91. The average Bonchev–Trinajstić information content (AvgIpc) is 2.81. The van der Waals surface area contributed by atoms with Gasteiger partial charge >= 0.3 is 0 Å². The smallest absolute Gasteiger partial charge is 0.146 e. The summed E-state index contributed by atoms with van der Waals surface area (Å²) in [5.74, 6) is 0.583. The maximum atomic E-state index is 13.6. The zero-order chi connectivity index (χ0) is 14.1. The van der Waals surface area contributed by atoms with Gasteiger partial charge < -0.3 is 10.1 Å². The molecule has 0 saturated carbocycles. The van der Waals surface area contributed by atoms with Gasteiger partial charge in [0, 0.05) is 15.9 Å². The largest absolute Gasteiger partial charge is 0.488 e. The first-order chi connectivity index (χ1) is 9.61. The Labute approximate surface area is 130 Å². The number of halogens is 3. The molecular formula is C15H12BrClFNO. The molecule has 1 heterocycles. The SMILES string of the molecule is Fc1ccc(Cl)cc1NCC1Cc2cc(Br)ccc2O1. The van der Waals surface area contributed by atoms with Crippen LogP contribution < -0.4 is 10.1 Å². The van der Waals surface area contributed by atoms with E-state index < -0.39 is 0 Å². The van der Waals surface area contributed by atoms with Gasteiger partial charge in [-0.1, -0.05) is 27.5 Å². The highest BCUT2D eigenvalue weighted by Crippen LogP contribution is 2.31. The van der Waals surface area contributed by atoms with E-state index in [0.717, 1.165) is 22.2 Å². The van der Waals surface area contributed by atoms with E-state index in [4.69, 9.17) is 16.3 Å². The Bertz CT molecular complexity index is 650. The van der Waals surface area contributed by atoms with Crippen molar-refractivity contribution in [1.29, 1.82) is 0 Å². The van der Waals surface area contributed by atoms with E-state index in [2.05, 4.69) is 27.3 Å². The Morgan fingerprint density at radius 3 is 3.00 bits per heavy atom. The van der Waals surface area contributed by atoms with Crippen LogP contribution in [0.2, 0.25) is 5.02 Å². The molecule has 1 aliphatic heterocycles. The van der Waals surface area contributed by atoms with Crippen molar-refractivity contribution in [2.75, 3.05) is 11.9 Å². The molecule has 0 fully saturated rings. The Hall–Kier alpha value is -1.26. The second kappa shape index (κ2) is 5.62. The monoisotopic (exact) mass is 355 g/mol. The normalized spacial score (nSPS) is 16.6. The van der Waals surface area contributed by atoms with Gasteiger partial charge in [0.25, 0.3) is 0 Å². The van der Waals surface area contributed by atoms with Crippen LogP contribution in [-0.2, 0) is 6.42 Å². The third-order valence-electron chi connectivity index (χ3n) is 3.21. The molecule has 0 aromatic heterocycles. The molecule has 104 valence electrons. The highest BCUT2D eigenvalue weighted by molar-refractivity contribution is 9.10. The maximum absolute atomic E-state index is 13.6. The highest BCUT2D eigenvalue weighted by atomic mass is 79.9. The van der Waals surface area contributed by atoms with Gasteiger partial charge in [-0.15, -0.1) is 0 Å². The molecule has 0 bridgehead atoms. The van der Waals surface area contributed by atoms with Gasteiger partial charge in [-0.25, -0.2) is 4.39 Å². The minimum absolute atomic E-state index is 0.00215. The van der Waals surface area contributed by atoms with Crippen LogP contribution in [0, 0.1) is 5.82 Å². The van der Waals surface area contributed by atoms with Crippen LogP contribution >= 0.6 is 27.5 Å². The second-order valence-electron chi connectivity index (χ2n) is 4.70. The van der Waals surface area contributed by atoms with Gasteiger partial charge in [-0.2, -0.15) is 0 Å². The molecule has 2 nitrogen and oxygen atoms in total. The van der Waals surface area contributed by atoms with Crippen LogP contribution in [-0.4, -0.2) is 12.6 Å². The fourth-order valence-corrected chi connectivity index (χ4v) is 2.84. The Kier molecular flexibility index (Phi) is 3.85. The van der Waals surface area contributed by atoms with Crippen molar-refractivity contribution < 1.29 is 9.13 Å². The molecule has 1 N–H and O–H groups in total. The summed E-state index contributed by atoms with van der Waals surface area (Å²) < 4.78 is 20.4. The summed E-state index contributed by atoms with van der Waals surface area (Å²) in [6.45, 7) is 0.531. The molecule has 1 aliphatic rings. The molecule has 2 aromatic rings. The number of fused-ring (bicyclic) bond motifs is 1. The molecule has 5 heteroatoms. The van der Waals surface area contributed by atoms with Crippen LogP contribution in [0.15, 0.2) is 40.9 Å². The zero-order valence-electron chi connectivity index (χ0n) is 10.5. The van der Waals surface area contributed by atoms with Crippen LogP contribution in [0.1, 0.15) is 5.56 Å². The highest BCUT2D eigenvalue weighted by Gasteiger charge is 2.22. The fourth-order valence-electron chi connectivity index (χ4n) is 2.26. The molecule has 0 spiro atoms. The number of hydrogen-bond donors (Lipinski definition) is 1. The summed E-state index contributed by atoms with van der Waals surface area (Å²) in [6.07, 6.45) is 0.807. The van der Waals surface area contributed by atoms with Gasteiger partial charge in [0.05, 0.1) is 12.2 Å². The number of hydrogen-bond acceptors (Lipinski definition) is 2. The molecule has 0 aliphatic carbocycles. The molecule has 0 radical (unpaired) electrons. The van der Waals surface area contributed by atoms with E-state index >= 15 is 0 Å². The van der Waals surface area contributed by atoms with Crippen LogP contribution in [0.4, 0.5) is 10.1 Å². The lowest BCUT2D eigenvalue weighted by atomic mass is 10.1. The number of ether oxygens (including phenoxy) is 1. The van der Waals surface area contributed by atoms with Crippen molar-refractivity contribution in [3.05, 3.63) is 57.3 Å². The van der Waals surface area contributed by atoms with Crippen molar-refractivity contribution in [2.45, 2.75) is 12.5 Å². The molecular weight excluding hydrogens is 345 g/mol. The number of rotatable bonds is 3. The first-order valence-corrected chi connectivity index (χ1v) is 7.43. The van der Waals surface area contributed by atoms with E-state index in [1.165, 1.54) is 12.1 Å². The number of anilines is 1. The van der Waals surface area contributed by atoms with Crippen molar-refractivity contribution in [1.82, 2.24) is 0 Å². The van der Waals surface area contributed by atoms with E-state index in [1.54, 1.807) is 6.07 Å². The summed E-state index contributed by atoms with van der Waals surface area (Å²) in [6, 6.07) is 10.4. The Balaban J connectivity index is 1.65. The Morgan fingerprint density at radius 1 is 1.30 bits per heavy atom. The zero-order valence-corrected chi connectivity index (χ0v) is 12.8. The van der Waals surface area contributed by atoms with Gasteiger partial charge in [0.2, 0.25) is 0 Å². The lowest BCUT2D eigenvalue weighted by Gasteiger charge is -2.13.